The molecule has 0 bridgehead atoms. The van der Waals surface area contributed by atoms with Crippen LogP contribution in [0.15, 0.2) is 12.1 Å². The lowest BCUT2D eigenvalue weighted by molar-refractivity contribution is -0.0456. The van der Waals surface area contributed by atoms with Crippen LogP contribution in [-0.4, -0.2) is 34.5 Å². The highest BCUT2D eigenvalue weighted by molar-refractivity contribution is 5.56. The van der Waals surface area contributed by atoms with E-state index in [-0.39, 0.29) is 0 Å². The molecule has 94 valence electrons. The van der Waals surface area contributed by atoms with Crippen molar-refractivity contribution < 1.29 is 23.7 Å². The average Bonchev–Trinajstić information content (AvgIpc) is 2.90. The maximum atomic E-state index is 5.46. The number of hydrogen-bond donors (Lipinski definition) is 0. The van der Waals surface area contributed by atoms with E-state index in [1.165, 1.54) is 0 Å². The van der Waals surface area contributed by atoms with E-state index >= 15 is 0 Å². The van der Waals surface area contributed by atoms with Gasteiger partial charge in [-0.05, 0) is 12.1 Å². The van der Waals surface area contributed by atoms with E-state index in [1.54, 1.807) is 21.3 Å². The Bertz CT molecular complexity index is 385. The minimum Gasteiger partial charge on any atom is -0.493 e. The van der Waals surface area contributed by atoms with Gasteiger partial charge in [0.15, 0.2) is 17.8 Å². The van der Waals surface area contributed by atoms with E-state index in [2.05, 4.69) is 0 Å². The molecular weight excluding hydrogens is 224 g/mol. The summed E-state index contributed by atoms with van der Waals surface area (Å²) in [6.45, 7) is 1.17. The Morgan fingerprint density at radius 1 is 0.941 bits per heavy atom. The highest BCUT2D eigenvalue weighted by Gasteiger charge is 2.26. The molecule has 2 rings (SSSR count). The summed E-state index contributed by atoms with van der Waals surface area (Å²) < 4.78 is 26.8. The molecule has 0 radical (unpaired) electrons. The summed E-state index contributed by atoms with van der Waals surface area (Å²) in [4.78, 5) is 0. The predicted octanol–water partition coefficient (Wildman–Crippen LogP) is 1.76. The van der Waals surface area contributed by atoms with Crippen LogP contribution in [0.5, 0.6) is 17.2 Å². The van der Waals surface area contributed by atoms with Gasteiger partial charge < -0.3 is 23.7 Å². The quantitative estimate of drug-likeness (QED) is 0.802. The van der Waals surface area contributed by atoms with Crippen molar-refractivity contribution in [3.8, 4) is 17.2 Å². The zero-order valence-corrected chi connectivity index (χ0v) is 10.2. The van der Waals surface area contributed by atoms with Crippen molar-refractivity contribution in [2.75, 3.05) is 34.5 Å². The van der Waals surface area contributed by atoms with E-state index in [0.717, 1.165) is 5.56 Å². The molecule has 1 aliphatic heterocycles. The number of rotatable bonds is 4. The van der Waals surface area contributed by atoms with Crippen molar-refractivity contribution in [3.63, 3.8) is 0 Å². The van der Waals surface area contributed by atoms with Crippen LogP contribution in [-0.2, 0) is 9.47 Å². The lowest BCUT2D eigenvalue weighted by atomic mass is 10.1. The molecule has 1 heterocycles. The Hall–Kier alpha value is -1.46. The van der Waals surface area contributed by atoms with Gasteiger partial charge in [-0.15, -0.1) is 0 Å². The summed E-state index contributed by atoms with van der Waals surface area (Å²) in [7, 11) is 4.73. The fourth-order valence-electron chi connectivity index (χ4n) is 1.85. The van der Waals surface area contributed by atoms with E-state index in [1.807, 2.05) is 12.1 Å². The SMILES string of the molecule is COc1ccc(C2OCCO2)c(OC)c1OC. The molecule has 1 aliphatic rings. The molecule has 0 N–H and O–H groups in total. The van der Waals surface area contributed by atoms with Crippen LogP contribution in [0.4, 0.5) is 0 Å². The van der Waals surface area contributed by atoms with Crippen molar-refractivity contribution in [1.82, 2.24) is 0 Å². The second-order valence-electron chi connectivity index (χ2n) is 3.50. The first-order valence-corrected chi connectivity index (χ1v) is 5.34. The minimum atomic E-state index is -0.398. The zero-order valence-electron chi connectivity index (χ0n) is 10.2. The molecule has 1 aromatic carbocycles. The lowest BCUT2D eigenvalue weighted by Gasteiger charge is -2.18. The Balaban J connectivity index is 2.44. The van der Waals surface area contributed by atoms with Crippen LogP contribution in [0, 0.1) is 0 Å². The first kappa shape index (κ1) is 12.0. The van der Waals surface area contributed by atoms with Crippen LogP contribution < -0.4 is 14.2 Å². The van der Waals surface area contributed by atoms with Crippen molar-refractivity contribution >= 4 is 0 Å². The summed E-state index contributed by atoms with van der Waals surface area (Å²) in [6, 6.07) is 3.66. The highest BCUT2D eigenvalue weighted by Crippen LogP contribution is 2.43. The zero-order chi connectivity index (χ0) is 12.3. The number of methoxy groups -OCH3 is 3. The van der Waals surface area contributed by atoms with Crippen LogP contribution in [0.1, 0.15) is 11.9 Å². The Morgan fingerprint density at radius 2 is 1.59 bits per heavy atom. The van der Waals surface area contributed by atoms with Gasteiger partial charge in [0.2, 0.25) is 5.75 Å². The molecular formula is C12H16O5. The van der Waals surface area contributed by atoms with Gasteiger partial charge in [0.25, 0.3) is 0 Å². The third-order valence-corrected chi connectivity index (χ3v) is 2.61. The maximum absolute atomic E-state index is 5.46. The van der Waals surface area contributed by atoms with Crippen molar-refractivity contribution in [1.29, 1.82) is 0 Å². The van der Waals surface area contributed by atoms with Gasteiger partial charge in [-0.2, -0.15) is 0 Å². The number of benzene rings is 1. The van der Waals surface area contributed by atoms with Gasteiger partial charge in [0, 0.05) is 0 Å². The molecule has 1 aromatic rings. The number of ether oxygens (including phenoxy) is 5. The fraction of sp³-hybridized carbons (Fsp3) is 0.500. The van der Waals surface area contributed by atoms with E-state index < -0.39 is 6.29 Å². The van der Waals surface area contributed by atoms with Crippen LogP contribution >= 0.6 is 0 Å². The fourth-order valence-corrected chi connectivity index (χ4v) is 1.85. The molecule has 5 heteroatoms. The second-order valence-corrected chi connectivity index (χ2v) is 3.50. The van der Waals surface area contributed by atoms with Crippen LogP contribution in [0.2, 0.25) is 0 Å². The molecule has 0 spiro atoms. The number of hydrogen-bond acceptors (Lipinski definition) is 5. The van der Waals surface area contributed by atoms with Gasteiger partial charge >= 0.3 is 0 Å². The topological polar surface area (TPSA) is 46.2 Å². The Labute approximate surface area is 100 Å². The first-order valence-electron chi connectivity index (χ1n) is 5.34. The third kappa shape index (κ3) is 2.16. The van der Waals surface area contributed by atoms with Crippen LogP contribution in [0.3, 0.4) is 0 Å². The average molecular weight is 240 g/mol. The van der Waals surface area contributed by atoms with Gasteiger partial charge in [-0.3, -0.25) is 0 Å². The normalized spacial score (nSPS) is 15.9. The molecule has 17 heavy (non-hydrogen) atoms. The minimum absolute atomic E-state index is 0.398. The molecule has 0 amide bonds. The summed E-state index contributed by atoms with van der Waals surface area (Å²) in [6.07, 6.45) is -0.398. The van der Waals surface area contributed by atoms with E-state index in [9.17, 15) is 0 Å². The van der Waals surface area contributed by atoms with E-state index in [0.29, 0.717) is 30.5 Å². The molecule has 0 aromatic heterocycles. The summed E-state index contributed by atoms with van der Waals surface area (Å²) in [5, 5.41) is 0. The molecule has 0 unspecified atom stereocenters. The summed E-state index contributed by atoms with van der Waals surface area (Å²) >= 11 is 0. The van der Waals surface area contributed by atoms with Gasteiger partial charge in [-0.25, -0.2) is 0 Å². The first-order chi connectivity index (χ1) is 8.31. The van der Waals surface area contributed by atoms with Gasteiger partial charge in [-0.1, -0.05) is 0 Å². The summed E-state index contributed by atoms with van der Waals surface area (Å²) in [5.41, 5.74) is 0.808. The predicted molar refractivity (Wildman–Crippen MR) is 60.7 cm³/mol. The van der Waals surface area contributed by atoms with Gasteiger partial charge in [0.1, 0.15) is 0 Å². The molecule has 0 atom stereocenters. The van der Waals surface area contributed by atoms with E-state index in [4.69, 9.17) is 23.7 Å². The Kier molecular flexibility index (Phi) is 3.71. The Morgan fingerprint density at radius 3 is 2.12 bits per heavy atom. The molecule has 0 saturated carbocycles. The third-order valence-electron chi connectivity index (χ3n) is 2.61. The molecule has 0 aliphatic carbocycles. The van der Waals surface area contributed by atoms with Crippen molar-refractivity contribution in [2.45, 2.75) is 6.29 Å². The summed E-state index contributed by atoms with van der Waals surface area (Å²) in [5.74, 6) is 1.75. The second kappa shape index (κ2) is 5.25. The smallest absolute Gasteiger partial charge is 0.203 e. The largest absolute Gasteiger partial charge is 0.493 e. The highest BCUT2D eigenvalue weighted by atomic mass is 16.7. The van der Waals surface area contributed by atoms with Crippen LogP contribution in [0.25, 0.3) is 0 Å². The van der Waals surface area contributed by atoms with Crippen molar-refractivity contribution in [2.24, 2.45) is 0 Å². The molecule has 1 saturated heterocycles. The maximum Gasteiger partial charge on any atom is 0.203 e. The monoisotopic (exact) mass is 240 g/mol. The lowest BCUT2D eigenvalue weighted by Crippen LogP contribution is -2.04. The molecule has 1 fully saturated rings. The van der Waals surface area contributed by atoms with Crippen molar-refractivity contribution in [3.05, 3.63) is 17.7 Å². The molecule has 5 nitrogen and oxygen atoms in total. The van der Waals surface area contributed by atoms with Gasteiger partial charge in [0.05, 0.1) is 40.1 Å². The standard InChI is InChI=1S/C12H16O5/c1-13-9-5-4-8(12-16-6-7-17-12)10(14-2)11(9)15-3/h4-5,12H,6-7H2,1-3H3.